The van der Waals surface area contributed by atoms with Crippen LogP contribution in [0.5, 0.6) is 0 Å². The molecule has 0 aliphatic heterocycles. The molecule has 0 saturated carbocycles. The molecule has 4 aromatic rings. The van der Waals surface area contributed by atoms with Crippen LogP contribution in [0.4, 0.5) is 4.39 Å². The number of amides is 1. The molecule has 3 aromatic carbocycles. The standard InChI is InChI=1S/C28H29FN2O/c1-19(2)30-28(32)16-25(22-12-14-23(29)15-13-22)26-18-31(27-7-5-4-6-24(26)27)17-21-10-8-20(3)9-11-21/h4-15,18-19,25H,16-17H2,1-3H3,(H,30,32)/t25-/m1/s1. The SMILES string of the molecule is Cc1ccc(Cn2cc([C@H](CC(=O)NC(C)C)c3ccc(F)cc3)c3ccccc32)cc1. The van der Waals surface area contributed by atoms with Gasteiger partial charge in [0.25, 0.3) is 0 Å². The van der Waals surface area contributed by atoms with E-state index >= 15 is 0 Å². The van der Waals surface area contributed by atoms with E-state index in [1.54, 1.807) is 12.1 Å². The first-order valence-corrected chi connectivity index (χ1v) is 11.1. The molecule has 0 aliphatic carbocycles. The molecule has 0 unspecified atom stereocenters. The van der Waals surface area contributed by atoms with Gasteiger partial charge in [0, 0.05) is 42.0 Å². The lowest BCUT2D eigenvalue weighted by Gasteiger charge is -2.18. The zero-order chi connectivity index (χ0) is 22.7. The number of carbonyl (C=O) groups is 1. The van der Waals surface area contributed by atoms with Gasteiger partial charge in [-0.2, -0.15) is 0 Å². The van der Waals surface area contributed by atoms with E-state index in [4.69, 9.17) is 0 Å². The Morgan fingerprint density at radius 3 is 2.34 bits per heavy atom. The van der Waals surface area contributed by atoms with Crippen LogP contribution in [0.1, 0.15) is 48.4 Å². The summed E-state index contributed by atoms with van der Waals surface area (Å²) < 4.78 is 15.9. The van der Waals surface area contributed by atoms with E-state index < -0.39 is 0 Å². The third-order valence-electron chi connectivity index (χ3n) is 5.78. The number of aryl methyl sites for hydroxylation is 1. The molecule has 3 nitrogen and oxygen atoms in total. The second-order valence-electron chi connectivity index (χ2n) is 8.75. The van der Waals surface area contributed by atoms with Gasteiger partial charge in [-0.3, -0.25) is 4.79 Å². The van der Waals surface area contributed by atoms with E-state index in [1.165, 1.54) is 23.3 Å². The van der Waals surface area contributed by atoms with Crippen LogP contribution in [0.3, 0.4) is 0 Å². The third kappa shape index (κ3) is 4.91. The lowest BCUT2D eigenvalue weighted by atomic mass is 9.88. The van der Waals surface area contributed by atoms with Gasteiger partial charge in [-0.15, -0.1) is 0 Å². The zero-order valence-electron chi connectivity index (χ0n) is 18.8. The van der Waals surface area contributed by atoms with E-state index in [0.717, 1.165) is 28.6 Å². The van der Waals surface area contributed by atoms with E-state index in [9.17, 15) is 9.18 Å². The van der Waals surface area contributed by atoms with Crippen molar-refractivity contribution in [1.82, 2.24) is 9.88 Å². The molecule has 0 aliphatic rings. The molecule has 0 saturated heterocycles. The van der Waals surface area contributed by atoms with Gasteiger partial charge in [-0.25, -0.2) is 4.39 Å². The van der Waals surface area contributed by atoms with Crippen molar-refractivity contribution < 1.29 is 9.18 Å². The fraction of sp³-hybridized carbons (Fsp3) is 0.250. The first-order valence-electron chi connectivity index (χ1n) is 11.1. The second kappa shape index (κ2) is 9.39. The Kier molecular flexibility index (Phi) is 6.40. The summed E-state index contributed by atoms with van der Waals surface area (Å²) in [6.45, 7) is 6.74. The molecule has 0 fully saturated rings. The molecule has 32 heavy (non-hydrogen) atoms. The van der Waals surface area contributed by atoms with Crippen molar-refractivity contribution in [3.63, 3.8) is 0 Å². The summed E-state index contributed by atoms with van der Waals surface area (Å²) in [4.78, 5) is 12.8. The first kappa shape index (κ1) is 21.8. The smallest absolute Gasteiger partial charge is 0.221 e. The maximum absolute atomic E-state index is 13.6. The average Bonchev–Trinajstić information content (AvgIpc) is 3.12. The van der Waals surface area contributed by atoms with Crippen molar-refractivity contribution in [1.29, 1.82) is 0 Å². The van der Waals surface area contributed by atoms with Gasteiger partial charge >= 0.3 is 0 Å². The van der Waals surface area contributed by atoms with E-state index in [1.807, 2.05) is 26.0 Å². The lowest BCUT2D eigenvalue weighted by Crippen LogP contribution is -2.31. The Hall–Kier alpha value is -3.40. The van der Waals surface area contributed by atoms with Crippen molar-refractivity contribution >= 4 is 16.8 Å². The van der Waals surface area contributed by atoms with Crippen LogP contribution in [0.15, 0.2) is 79.0 Å². The normalized spacial score (nSPS) is 12.3. The number of nitrogens with one attached hydrogen (secondary N) is 1. The van der Waals surface area contributed by atoms with Gasteiger partial charge in [-0.05, 0) is 55.7 Å². The predicted molar refractivity (Wildman–Crippen MR) is 128 cm³/mol. The van der Waals surface area contributed by atoms with Gasteiger partial charge in [0.2, 0.25) is 5.91 Å². The van der Waals surface area contributed by atoms with Crippen molar-refractivity contribution in [2.24, 2.45) is 0 Å². The van der Waals surface area contributed by atoms with Gasteiger partial charge < -0.3 is 9.88 Å². The van der Waals surface area contributed by atoms with Crippen molar-refractivity contribution in [2.75, 3.05) is 0 Å². The summed E-state index contributed by atoms with van der Waals surface area (Å²) in [6, 6.07) is 23.4. The molecule has 4 heteroatoms. The molecule has 164 valence electrons. The third-order valence-corrected chi connectivity index (χ3v) is 5.78. The Morgan fingerprint density at radius 1 is 0.969 bits per heavy atom. The van der Waals surface area contributed by atoms with Crippen LogP contribution in [0.2, 0.25) is 0 Å². The molecular weight excluding hydrogens is 399 g/mol. The Bertz CT molecular complexity index is 1210. The number of fused-ring (bicyclic) bond motifs is 1. The van der Waals surface area contributed by atoms with Crippen LogP contribution < -0.4 is 5.32 Å². The fourth-order valence-corrected chi connectivity index (χ4v) is 4.24. The topological polar surface area (TPSA) is 34.0 Å². The van der Waals surface area contributed by atoms with Crippen LogP contribution in [-0.4, -0.2) is 16.5 Å². The van der Waals surface area contributed by atoms with Gasteiger partial charge in [0.05, 0.1) is 0 Å². The number of carbonyl (C=O) groups excluding carboxylic acids is 1. The monoisotopic (exact) mass is 428 g/mol. The first-order chi connectivity index (χ1) is 15.4. The zero-order valence-corrected chi connectivity index (χ0v) is 18.8. The molecule has 0 radical (unpaired) electrons. The Morgan fingerprint density at radius 2 is 1.66 bits per heavy atom. The quantitative estimate of drug-likeness (QED) is 0.374. The van der Waals surface area contributed by atoms with E-state index in [0.29, 0.717) is 6.42 Å². The van der Waals surface area contributed by atoms with Crippen molar-refractivity contribution in [2.45, 2.75) is 45.7 Å². The van der Waals surface area contributed by atoms with Gasteiger partial charge in [0.1, 0.15) is 5.82 Å². The highest BCUT2D eigenvalue weighted by Gasteiger charge is 2.23. The largest absolute Gasteiger partial charge is 0.354 e. The van der Waals surface area contributed by atoms with E-state index in [2.05, 4.69) is 59.4 Å². The Balaban J connectivity index is 1.78. The molecule has 0 spiro atoms. The predicted octanol–water partition coefficient (Wildman–Crippen LogP) is 6.18. The van der Waals surface area contributed by atoms with Crippen LogP contribution >= 0.6 is 0 Å². The summed E-state index contributed by atoms with van der Waals surface area (Å²) in [7, 11) is 0. The molecule has 1 aromatic heterocycles. The summed E-state index contributed by atoms with van der Waals surface area (Å²) in [6.07, 6.45) is 2.46. The number of benzene rings is 3. The molecule has 1 heterocycles. The highest BCUT2D eigenvalue weighted by Crippen LogP contribution is 2.35. The van der Waals surface area contributed by atoms with Gasteiger partial charge in [-0.1, -0.05) is 60.2 Å². The summed E-state index contributed by atoms with van der Waals surface area (Å²) in [5.74, 6) is -0.455. The summed E-state index contributed by atoms with van der Waals surface area (Å²) in [5, 5.41) is 4.12. The van der Waals surface area contributed by atoms with Gasteiger partial charge in [0.15, 0.2) is 0 Å². The number of nitrogens with zero attached hydrogens (tertiary/aromatic N) is 1. The highest BCUT2D eigenvalue weighted by atomic mass is 19.1. The summed E-state index contributed by atoms with van der Waals surface area (Å²) >= 11 is 0. The second-order valence-corrected chi connectivity index (χ2v) is 8.75. The minimum absolute atomic E-state index is 0.00955. The van der Waals surface area contributed by atoms with Crippen LogP contribution in [0, 0.1) is 12.7 Å². The van der Waals surface area contributed by atoms with Crippen molar-refractivity contribution in [3.05, 3.63) is 107 Å². The van der Waals surface area contributed by atoms with Crippen molar-refractivity contribution in [3.8, 4) is 0 Å². The van der Waals surface area contributed by atoms with Crippen LogP contribution in [-0.2, 0) is 11.3 Å². The number of para-hydroxylation sites is 1. The molecule has 1 N–H and O–H groups in total. The molecule has 1 amide bonds. The number of hydrogen-bond acceptors (Lipinski definition) is 1. The maximum atomic E-state index is 13.6. The lowest BCUT2D eigenvalue weighted by molar-refractivity contribution is -0.121. The molecule has 0 bridgehead atoms. The molecule has 4 rings (SSSR count). The average molecular weight is 429 g/mol. The number of halogens is 1. The van der Waals surface area contributed by atoms with Crippen LogP contribution in [0.25, 0.3) is 10.9 Å². The fourth-order valence-electron chi connectivity index (χ4n) is 4.24. The number of hydrogen-bond donors (Lipinski definition) is 1. The molecular formula is C28H29FN2O. The molecule has 1 atom stereocenters. The number of aromatic nitrogens is 1. The number of rotatable bonds is 7. The maximum Gasteiger partial charge on any atom is 0.221 e. The summed E-state index contributed by atoms with van der Waals surface area (Å²) in [5.41, 5.74) is 5.60. The minimum atomic E-state index is -0.277. The minimum Gasteiger partial charge on any atom is -0.354 e. The highest BCUT2D eigenvalue weighted by molar-refractivity contribution is 5.86. The Labute approximate surface area is 188 Å². The van der Waals surface area contributed by atoms with E-state index in [-0.39, 0.29) is 23.7 Å².